The van der Waals surface area contributed by atoms with Crippen LogP contribution < -0.4 is 5.32 Å². The fraction of sp³-hybridized carbons (Fsp3) is 0.571. The van der Waals surface area contributed by atoms with Gasteiger partial charge in [-0.05, 0) is 42.7 Å². The van der Waals surface area contributed by atoms with Crippen molar-refractivity contribution in [2.24, 2.45) is 0 Å². The van der Waals surface area contributed by atoms with Crippen LogP contribution >= 0.6 is 0 Å². The van der Waals surface area contributed by atoms with Gasteiger partial charge in [-0.3, -0.25) is 0 Å². The van der Waals surface area contributed by atoms with Gasteiger partial charge in [-0.2, -0.15) is 0 Å². The molecule has 2 heteroatoms. The van der Waals surface area contributed by atoms with Crippen LogP contribution in [0.5, 0.6) is 0 Å². The third kappa shape index (κ3) is 2.28. The summed E-state index contributed by atoms with van der Waals surface area (Å²) in [6.07, 6.45) is 5.22. The quantitative estimate of drug-likeness (QED) is 0.793. The first-order valence-corrected chi connectivity index (χ1v) is 6.33. The van der Waals surface area contributed by atoms with E-state index in [0.717, 1.165) is 5.92 Å². The molecule has 0 amide bonds. The topological polar surface area (TPSA) is 32.3 Å². The van der Waals surface area contributed by atoms with E-state index in [1.165, 1.54) is 36.8 Å². The summed E-state index contributed by atoms with van der Waals surface area (Å²) in [4.78, 5) is 0. The Morgan fingerprint density at radius 2 is 1.81 bits per heavy atom. The summed E-state index contributed by atoms with van der Waals surface area (Å²) in [6, 6.07) is 9.56. The molecule has 1 aromatic carbocycles. The van der Waals surface area contributed by atoms with Gasteiger partial charge in [-0.15, -0.1) is 0 Å². The molecule has 2 aliphatic rings. The molecule has 2 fully saturated rings. The molecule has 86 valence electrons. The fourth-order valence-electron chi connectivity index (χ4n) is 2.21. The van der Waals surface area contributed by atoms with Crippen LogP contribution in [0.25, 0.3) is 0 Å². The number of hydrogen-bond donors (Lipinski definition) is 2. The number of nitrogens with one attached hydrogen (secondary N) is 1. The predicted octanol–water partition coefficient (Wildman–Crippen LogP) is 2.35. The van der Waals surface area contributed by atoms with Crippen LogP contribution in [0.2, 0.25) is 0 Å². The molecular weight excluding hydrogens is 198 g/mol. The highest BCUT2D eigenvalue weighted by atomic mass is 16.3. The first-order chi connectivity index (χ1) is 7.86. The summed E-state index contributed by atoms with van der Waals surface area (Å²) in [5.74, 6) is 0.818. The van der Waals surface area contributed by atoms with E-state index in [0.29, 0.717) is 6.04 Å². The molecule has 16 heavy (non-hydrogen) atoms. The molecule has 1 unspecified atom stereocenters. The molecule has 0 radical (unpaired) electrons. The Hall–Kier alpha value is -0.860. The zero-order valence-corrected chi connectivity index (χ0v) is 9.52. The van der Waals surface area contributed by atoms with Crippen LogP contribution in [0.15, 0.2) is 24.3 Å². The summed E-state index contributed by atoms with van der Waals surface area (Å²) in [5, 5.41) is 12.9. The highest BCUT2D eigenvalue weighted by Gasteiger charge is 2.26. The van der Waals surface area contributed by atoms with Crippen molar-refractivity contribution in [3.05, 3.63) is 35.4 Å². The zero-order chi connectivity index (χ0) is 11.0. The number of aliphatic hydroxyl groups excluding tert-OH is 1. The molecule has 2 saturated carbocycles. The molecule has 1 aromatic rings. The van der Waals surface area contributed by atoms with Gasteiger partial charge in [0.15, 0.2) is 0 Å². The summed E-state index contributed by atoms with van der Waals surface area (Å²) < 4.78 is 0. The molecular formula is C14H19NO. The average Bonchev–Trinajstić information content (AvgIpc) is 3.18. The number of rotatable bonds is 5. The van der Waals surface area contributed by atoms with E-state index in [9.17, 15) is 5.11 Å². The van der Waals surface area contributed by atoms with Gasteiger partial charge >= 0.3 is 0 Å². The second-order valence-corrected chi connectivity index (χ2v) is 5.12. The normalized spacial score (nSPS) is 22.1. The smallest absolute Gasteiger partial charge is 0.0626 e. The highest BCUT2D eigenvalue weighted by Crippen LogP contribution is 2.40. The van der Waals surface area contributed by atoms with E-state index in [-0.39, 0.29) is 12.6 Å². The molecule has 0 heterocycles. The minimum absolute atomic E-state index is 0.126. The monoisotopic (exact) mass is 217 g/mol. The summed E-state index contributed by atoms with van der Waals surface area (Å²) in [7, 11) is 0. The Morgan fingerprint density at radius 3 is 2.31 bits per heavy atom. The van der Waals surface area contributed by atoms with Gasteiger partial charge in [-0.25, -0.2) is 0 Å². The van der Waals surface area contributed by atoms with Crippen LogP contribution in [-0.4, -0.2) is 17.8 Å². The van der Waals surface area contributed by atoms with Gasteiger partial charge in [0.2, 0.25) is 0 Å². The lowest BCUT2D eigenvalue weighted by atomic mass is 10.0. The lowest BCUT2D eigenvalue weighted by Gasteiger charge is -2.16. The Balaban J connectivity index is 1.70. The lowest BCUT2D eigenvalue weighted by Crippen LogP contribution is -2.26. The number of aliphatic hydroxyl groups is 1. The molecule has 0 aromatic heterocycles. The van der Waals surface area contributed by atoms with Crippen molar-refractivity contribution in [2.75, 3.05) is 6.61 Å². The van der Waals surface area contributed by atoms with Crippen molar-refractivity contribution < 1.29 is 5.11 Å². The standard InChI is InChI=1S/C14H19NO/c16-9-14(15-13-7-8-13)12-5-3-11(4-6-12)10-1-2-10/h3-6,10,13-16H,1-2,7-9H2. The van der Waals surface area contributed by atoms with Crippen LogP contribution in [0.4, 0.5) is 0 Å². The van der Waals surface area contributed by atoms with Crippen LogP contribution in [-0.2, 0) is 0 Å². The zero-order valence-electron chi connectivity index (χ0n) is 9.52. The fourth-order valence-corrected chi connectivity index (χ4v) is 2.21. The van der Waals surface area contributed by atoms with Crippen LogP contribution in [0.3, 0.4) is 0 Å². The van der Waals surface area contributed by atoms with Crippen molar-refractivity contribution >= 4 is 0 Å². The Labute approximate surface area is 96.7 Å². The predicted molar refractivity (Wildman–Crippen MR) is 64.4 cm³/mol. The molecule has 1 atom stereocenters. The highest BCUT2D eigenvalue weighted by molar-refractivity contribution is 5.29. The maximum atomic E-state index is 9.38. The summed E-state index contributed by atoms with van der Waals surface area (Å²) >= 11 is 0. The molecule has 2 aliphatic carbocycles. The van der Waals surface area contributed by atoms with Gasteiger partial charge in [-0.1, -0.05) is 24.3 Å². The number of benzene rings is 1. The van der Waals surface area contributed by atoms with Gasteiger partial charge in [0, 0.05) is 6.04 Å². The molecule has 3 rings (SSSR count). The van der Waals surface area contributed by atoms with E-state index in [1.807, 2.05) is 0 Å². The molecule has 0 aliphatic heterocycles. The van der Waals surface area contributed by atoms with E-state index >= 15 is 0 Å². The van der Waals surface area contributed by atoms with Crippen molar-refractivity contribution in [1.82, 2.24) is 5.32 Å². The van der Waals surface area contributed by atoms with Crippen molar-refractivity contribution in [2.45, 2.75) is 43.7 Å². The maximum absolute atomic E-state index is 9.38. The van der Waals surface area contributed by atoms with Crippen LogP contribution in [0, 0.1) is 0 Å². The van der Waals surface area contributed by atoms with Crippen molar-refractivity contribution in [1.29, 1.82) is 0 Å². The van der Waals surface area contributed by atoms with Gasteiger partial charge < -0.3 is 10.4 Å². The summed E-state index contributed by atoms with van der Waals surface area (Å²) in [5.41, 5.74) is 2.69. The average molecular weight is 217 g/mol. The second kappa shape index (κ2) is 4.19. The first kappa shape index (κ1) is 10.3. The van der Waals surface area contributed by atoms with E-state index in [4.69, 9.17) is 0 Å². The molecule has 0 spiro atoms. The third-order valence-electron chi connectivity index (χ3n) is 3.58. The Bertz CT molecular complexity index is 352. The maximum Gasteiger partial charge on any atom is 0.0626 e. The van der Waals surface area contributed by atoms with Crippen molar-refractivity contribution in [3.8, 4) is 0 Å². The molecule has 2 nitrogen and oxygen atoms in total. The molecule has 0 saturated heterocycles. The number of hydrogen-bond acceptors (Lipinski definition) is 2. The SMILES string of the molecule is OCC(NC1CC1)c1ccc(C2CC2)cc1. The minimum Gasteiger partial charge on any atom is -0.394 e. The van der Waals surface area contributed by atoms with Crippen molar-refractivity contribution in [3.63, 3.8) is 0 Å². The van der Waals surface area contributed by atoms with Gasteiger partial charge in [0.25, 0.3) is 0 Å². The van der Waals surface area contributed by atoms with E-state index in [1.54, 1.807) is 0 Å². The Kier molecular flexibility index (Phi) is 2.70. The van der Waals surface area contributed by atoms with Gasteiger partial charge in [0.05, 0.1) is 12.6 Å². The summed E-state index contributed by atoms with van der Waals surface area (Å²) in [6.45, 7) is 0.194. The second-order valence-electron chi connectivity index (χ2n) is 5.12. The third-order valence-corrected chi connectivity index (χ3v) is 3.58. The lowest BCUT2D eigenvalue weighted by molar-refractivity contribution is 0.243. The largest absolute Gasteiger partial charge is 0.394 e. The van der Waals surface area contributed by atoms with Gasteiger partial charge in [0.1, 0.15) is 0 Å². The van der Waals surface area contributed by atoms with E-state index < -0.39 is 0 Å². The van der Waals surface area contributed by atoms with E-state index in [2.05, 4.69) is 29.6 Å². The molecule has 0 bridgehead atoms. The first-order valence-electron chi connectivity index (χ1n) is 6.33. The Morgan fingerprint density at radius 1 is 1.12 bits per heavy atom. The molecule has 2 N–H and O–H groups in total. The van der Waals surface area contributed by atoms with Crippen LogP contribution in [0.1, 0.15) is 48.8 Å². The minimum atomic E-state index is 0.126.